The van der Waals surface area contributed by atoms with Gasteiger partial charge in [-0.05, 0) is 29.2 Å². The Bertz CT molecular complexity index is 609. The molecule has 0 aromatic heterocycles. The summed E-state index contributed by atoms with van der Waals surface area (Å²) >= 11 is 3.37. The van der Waals surface area contributed by atoms with Crippen molar-refractivity contribution in [1.82, 2.24) is 5.23 Å². The van der Waals surface area contributed by atoms with Crippen molar-refractivity contribution < 1.29 is 19.2 Å². The summed E-state index contributed by atoms with van der Waals surface area (Å²) in [4.78, 5) is 23.2. The molecule has 2 aromatic rings. The molecule has 134 valence electrons. The largest absolute Gasteiger partial charge is 0.460 e. The Kier molecular flexibility index (Phi) is 9.04. The van der Waals surface area contributed by atoms with E-state index in [1.54, 1.807) is 0 Å². The number of halogens is 1. The van der Waals surface area contributed by atoms with E-state index in [0.717, 1.165) is 34.5 Å². The summed E-state index contributed by atoms with van der Waals surface area (Å²) in [7, 11) is 0. The van der Waals surface area contributed by atoms with Gasteiger partial charge in [0.2, 0.25) is 0 Å². The number of amides is 1. The molecular formula is C19H22BrNO4. The van der Waals surface area contributed by atoms with E-state index in [1.807, 2.05) is 60.7 Å². The molecule has 0 unspecified atom stereocenters. The SMILES string of the molecule is O=C(OCc1ccccc1)N(OCCCCBr)OCc1ccccc1. The number of carbonyl (C=O) groups excluding carboxylic acids is 1. The molecule has 6 heteroatoms. The molecule has 1 amide bonds. The number of hydrogen-bond donors (Lipinski definition) is 0. The third kappa shape index (κ3) is 7.69. The first kappa shape index (κ1) is 19.4. The molecule has 25 heavy (non-hydrogen) atoms. The minimum absolute atomic E-state index is 0.162. The molecule has 0 fully saturated rings. The van der Waals surface area contributed by atoms with Gasteiger partial charge in [-0.1, -0.05) is 76.6 Å². The van der Waals surface area contributed by atoms with Crippen molar-refractivity contribution in [3.63, 3.8) is 0 Å². The number of nitrogens with zero attached hydrogens (tertiary/aromatic N) is 1. The minimum atomic E-state index is -0.668. The summed E-state index contributed by atoms with van der Waals surface area (Å²) in [5.41, 5.74) is 1.84. The van der Waals surface area contributed by atoms with Crippen LogP contribution in [0.4, 0.5) is 4.79 Å². The zero-order valence-electron chi connectivity index (χ0n) is 14.0. The normalized spacial score (nSPS) is 10.4. The van der Waals surface area contributed by atoms with Crippen molar-refractivity contribution in [2.24, 2.45) is 0 Å². The summed E-state index contributed by atoms with van der Waals surface area (Å²) in [6.07, 6.45) is 1.09. The molecule has 0 aliphatic carbocycles. The zero-order valence-corrected chi connectivity index (χ0v) is 15.6. The Morgan fingerprint density at radius 1 is 0.840 bits per heavy atom. The van der Waals surface area contributed by atoms with Crippen LogP contribution < -0.4 is 0 Å². The highest BCUT2D eigenvalue weighted by Crippen LogP contribution is 2.08. The summed E-state index contributed by atoms with van der Waals surface area (Å²) in [6, 6.07) is 19.0. The van der Waals surface area contributed by atoms with Gasteiger partial charge in [-0.3, -0.25) is 0 Å². The van der Waals surface area contributed by atoms with Gasteiger partial charge >= 0.3 is 6.09 Å². The van der Waals surface area contributed by atoms with E-state index in [9.17, 15) is 4.79 Å². The highest BCUT2D eigenvalue weighted by molar-refractivity contribution is 9.09. The lowest BCUT2D eigenvalue weighted by Gasteiger charge is -2.20. The van der Waals surface area contributed by atoms with Crippen molar-refractivity contribution in [3.05, 3.63) is 71.8 Å². The lowest BCUT2D eigenvalue weighted by Crippen LogP contribution is -2.32. The Morgan fingerprint density at radius 3 is 2.04 bits per heavy atom. The molecule has 0 N–H and O–H groups in total. The van der Waals surface area contributed by atoms with Crippen molar-refractivity contribution in [3.8, 4) is 0 Å². The van der Waals surface area contributed by atoms with Crippen LogP contribution in [0.5, 0.6) is 0 Å². The predicted molar refractivity (Wildman–Crippen MR) is 98.7 cm³/mol. The second kappa shape index (κ2) is 11.6. The lowest BCUT2D eigenvalue weighted by atomic mass is 10.2. The molecule has 0 saturated carbocycles. The van der Waals surface area contributed by atoms with Crippen molar-refractivity contribution in [1.29, 1.82) is 0 Å². The van der Waals surface area contributed by atoms with Gasteiger partial charge in [0.05, 0.1) is 6.61 Å². The topological polar surface area (TPSA) is 48.0 Å². The van der Waals surface area contributed by atoms with Crippen LogP contribution >= 0.6 is 15.9 Å². The molecule has 2 aromatic carbocycles. The molecule has 0 bridgehead atoms. The molecule has 0 atom stereocenters. The number of hydrogen-bond acceptors (Lipinski definition) is 4. The van der Waals surface area contributed by atoms with Gasteiger partial charge in [-0.2, -0.15) is 0 Å². The minimum Gasteiger partial charge on any atom is -0.441 e. The average molecular weight is 408 g/mol. The summed E-state index contributed by atoms with van der Waals surface area (Å²) < 4.78 is 5.26. The first-order valence-corrected chi connectivity index (χ1v) is 9.28. The van der Waals surface area contributed by atoms with Crippen LogP contribution in [0.3, 0.4) is 0 Å². The van der Waals surface area contributed by atoms with Crippen LogP contribution in [0, 0.1) is 0 Å². The van der Waals surface area contributed by atoms with Crippen LogP contribution in [0.25, 0.3) is 0 Å². The maximum absolute atomic E-state index is 12.2. The fourth-order valence-electron chi connectivity index (χ4n) is 1.97. The van der Waals surface area contributed by atoms with E-state index >= 15 is 0 Å². The Balaban J connectivity index is 1.86. The number of rotatable bonds is 10. The van der Waals surface area contributed by atoms with Crippen LogP contribution in [0.2, 0.25) is 0 Å². The third-order valence-corrected chi connectivity index (χ3v) is 3.84. The predicted octanol–water partition coefficient (Wildman–Crippen LogP) is 4.86. The third-order valence-electron chi connectivity index (χ3n) is 3.28. The second-order valence-corrected chi connectivity index (χ2v) is 6.08. The molecule has 2 rings (SSSR count). The quantitative estimate of drug-likeness (QED) is 0.320. The molecule has 0 aliphatic heterocycles. The standard InChI is InChI=1S/C19H22BrNO4/c20-13-7-8-14-24-21(25-16-18-11-5-2-6-12-18)19(22)23-15-17-9-3-1-4-10-17/h1-6,9-12H,7-8,13-16H2. The van der Waals surface area contributed by atoms with Crippen LogP contribution in [-0.4, -0.2) is 23.3 Å². The first-order chi connectivity index (χ1) is 12.3. The van der Waals surface area contributed by atoms with Gasteiger partial charge in [0, 0.05) is 5.33 Å². The molecular weight excluding hydrogens is 386 g/mol. The second-order valence-electron chi connectivity index (χ2n) is 5.29. The van der Waals surface area contributed by atoms with Gasteiger partial charge < -0.3 is 4.74 Å². The Morgan fingerprint density at radius 2 is 1.44 bits per heavy atom. The van der Waals surface area contributed by atoms with E-state index in [1.165, 1.54) is 0 Å². The molecule has 0 heterocycles. The smallest absolute Gasteiger partial charge is 0.441 e. The number of ether oxygens (including phenoxy) is 1. The van der Waals surface area contributed by atoms with Crippen LogP contribution in [0.15, 0.2) is 60.7 Å². The van der Waals surface area contributed by atoms with E-state index in [-0.39, 0.29) is 13.2 Å². The van der Waals surface area contributed by atoms with Gasteiger partial charge in [0.15, 0.2) is 0 Å². The summed E-state index contributed by atoms with van der Waals surface area (Å²) in [5.74, 6) is 0. The van der Waals surface area contributed by atoms with E-state index < -0.39 is 6.09 Å². The highest BCUT2D eigenvalue weighted by Gasteiger charge is 2.18. The number of benzene rings is 2. The highest BCUT2D eigenvalue weighted by atomic mass is 79.9. The van der Waals surface area contributed by atoms with Gasteiger partial charge in [0.25, 0.3) is 0 Å². The summed E-state index contributed by atoms with van der Waals surface area (Å²) in [5, 5.41) is 1.73. The fraction of sp³-hybridized carbons (Fsp3) is 0.316. The van der Waals surface area contributed by atoms with E-state index in [0.29, 0.717) is 6.61 Å². The number of carbonyl (C=O) groups is 1. The van der Waals surface area contributed by atoms with Crippen LogP contribution in [-0.2, 0) is 27.6 Å². The Hall–Kier alpha value is -1.89. The first-order valence-electron chi connectivity index (χ1n) is 8.16. The lowest BCUT2D eigenvalue weighted by molar-refractivity contribution is -0.343. The molecule has 5 nitrogen and oxygen atoms in total. The van der Waals surface area contributed by atoms with Gasteiger partial charge in [-0.15, -0.1) is 0 Å². The molecule has 0 saturated heterocycles. The molecule has 0 radical (unpaired) electrons. The number of alkyl halides is 1. The van der Waals surface area contributed by atoms with Crippen molar-refractivity contribution in [2.75, 3.05) is 11.9 Å². The maximum Gasteiger partial charge on any atom is 0.460 e. The summed E-state index contributed by atoms with van der Waals surface area (Å²) in [6.45, 7) is 0.760. The van der Waals surface area contributed by atoms with Crippen molar-refractivity contribution in [2.45, 2.75) is 26.1 Å². The molecule has 0 aliphatic rings. The maximum atomic E-state index is 12.2. The average Bonchev–Trinajstić information content (AvgIpc) is 2.67. The fourth-order valence-corrected chi connectivity index (χ4v) is 2.36. The monoisotopic (exact) mass is 407 g/mol. The van der Waals surface area contributed by atoms with Gasteiger partial charge in [-0.25, -0.2) is 14.5 Å². The zero-order chi connectivity index (χ0) is 17.7. The Labute approximate surface area is 156 Å². The van der Waals surface area contributed by atoms with Crippen LogP contribution in [0.1, 0.15) is 24.0 Å². The number of hydroxylamine groups is 2. The van der Waals surface area contributed by atoms with Crippen molar-refractivity contribution >= 4 is 22.0 Å². The van der Waals surface area contributed by atoms with E-state index in [4.69, 9.17) is 14.4 Å². The van der Waals surface area contributed by atoms with E-state index in [2.05, 4.69) is 15.9 Å². The molecule has 0 spiro atoms. The number of unbranched alkanes of at least 4 members (excludes halogenated alkanes) is 1. The van der Waals surface area contributed by atoms with Gasteiger partial charge in [0.1, 0.15) is 13.2 Å².